The minimum Gasteiger partial charge on any atom is -0.475 e. The van der Waals surface area contributed by atoms with Crippen molar-refractivity contribution >= 4 is 38.2 Å². The Morgan fingerprint density at radius 2 is 1.97 bits per heavy atom. The van der Waals surface area contributed by atoms with Gasteiger partial charge in [0.1, 0.15) is 18.1 Å². The average Bonchev–Trinajstić information content (AvgIpc) is 3.09. The minimum absolute atomic E-state index is 0.0376. The van der Waals surface area contributed by atoms with Crippen LogP contribution in [0.25, 0.3) is 22.0 Å². The van der Waals surface area contributed by atoms with E-state index in [-0.39, 0.29) is 48.0 Å². The number of hydrogen-bond donors (Lipinski definition) is 3. The summed E-state index contributed by atoms with van der Waals surface area (Å²) < 4.78 is 48.8. The summed E-state index contributed by atoms with van der Waals surface area (Å²) in [7, 11) is -2.04. The molecule has 1 aliphatic heterocycles. The molecular weight excluding hydrogens is 523 g/mol. The van der Waals surface area contributed by atoms with Crippen LogP contribution >= 0.6 is 0 Å². The molecule has 0 radical (unpaired) electrons. The molecule has 1 aliphatic carbocycles. The summed E-state index contributed by atoms with van der Waals surface area (Å²) in [6.07, 6.45) is 5.50. The van der Waals surface area contributed by atoms with E-state index in [1.165, 1.54) is 18.3 Å². The number of amides is 1. The van der Waals surface area contributed by atoms with E-state index in [1.54, 1.807) is 24.2 Å². The van der Waals surface area contributed by atoms with Crippen molar-refractivity contribution in [3.05, 3.63) is 42.0 Å². The van der Waals surface area contributed by atoms with Crippen molar-refractivity contribution < 1.29 is 22.3 Å². The maximum absolute atomic E-state index is 15.5. The number of anilines is 2. The third kappa shape index (κ3) is 4.92. The lowest BCUT2D eigenvalue weighted by molar-refractivity contribution is -0.125. The summed E-state index contributed by atoms with van der Waals surface area (Å²) in [5, 5.41) is 3.92. The first-order valence-electron chi connectivity index (χ1n) is 13.0. The zero-order chi connectivity index (χ0) is 27.9. The Morgan fingerprint density at radius 3 is 2.64 bits per heavy atom. The van der Waals surface area contributed by atoms with Gasteiger partial charge in [-0.3, -0.25) is 14.5 Å². The van der Waals surface area contributed by atoms with E-state index >= 15 is 4.39 Å². The minimum atomic E-state index is -3.78. The van der Waals surface area contributed by atoms with Gasteiger partial charge in [-0.1, -0.05) is 20.3 Å². The van der Waals surface area contributed by atoms with E-state index in [4.69, 9.17) is 10.5 Å². The monoisotopic (exact) mass is 556 g/mol. The van der Waals surface area contributed by atoms with Crippen LogP contribution in [-0.2, 0) is 20.2 Å². The quantitative estimate of drug-likeness (QED) is 0.324. The molecule has 10 nitrogen and oxygen atoms in total. The molecule has 0 saturated heterocycles. The lowest BCUT2D eigenvalue weighted by Gasteiger charge is -2.37. The molecule has 1 saturated carbocycles. The molecule has 0 bridgehead atoms. The molecule has 5 rings (SSSR count). The van der Waals surface area contributed by atoms with Gasteiger partial charge >= 0.3 is 0 Å². The fourth-order valence-corrected chi connectivity index (χ4v) is 6.26. The molecule has 4 N–H and O–H groups in total. The molecule has 0 atom stereocenters. The molecule has 2 aliphatic rings. The first-order valence-corrected chi connectivity index (χ1v) is 14.7. The average molecular weight is 557 g/mol. The number of halogens is 1. The second-order valence-electron chi connectivity index (χ2n) is 10.4. The first-order chi connectivity index (χ1) is 18.6. The Labute approximate surface area is 227 Å². The number of nitrogens with two attached hydrogens (primary N) is 1. The Bertz CT molecular complexity index is 1540. The largest absolute Gasteiger partial charge is 0.475 e. The summed E-state index contributed by atoms with van der Waals surface area (Å²) in [6.45, 7) is 4.72. The molecule has 3 heterocycles. The Balaban J connectivity index is 1.58. The van der Waals surface area contributed by atoms with Crippen LogP contribution in [0.2, 0.25) is 0 Å². The zero-order valence-electron chi connectivity index (χ0n) is 22.3. The van der Waals surface area contributed by atoms with E-state index < -0.39 is 21.3 Å². The van der Waals surface area contributed by atoms with Crippen LogP contribution < -0.4 is 25.4 Å². The molecule has 3 aromatic rings. The van der Waals surface area contributed by atoms with E-state index in [0.29, 0.717) is 23.0 Å². The Morgan fingerprint density at radius 1 is 1.21 bits per heavy atom. The van der Waals surface area contributed by atoms with Crippen LogP contribution in [0.15, 0.2) is 30.6 Å². The second-order valence-corrected chi connectivity index (χ2v) is 12.3. The third-order valence-electron chi connectivity index (χ3n) is 7.41. The van der Waals surface area contributed by atoms with Gasteiger partial charge in [-0.2, -0.15) is 0 Å². The Hall–Kier alpha value is -3.35. The lowest BCUT2D eigenvalue weighted by atomic mass is 9.64. The molecule has 0 unspecified atom stereocenters. The molecule has 1 fully saturated rings. The summed E-state index contributed by atoms with van der Waals surface area (Å²) in [5.74, 6) is -0.718. The smallest absolute Gasteiger partial charge is 0.238 e. The van der Waals surface area contributed by atoms with Crippen LogP contribution in [0.1, 0.15) is 38.7 Å². The molecule has 39 heavy (non-hydrogen) atoms. The summed E-state index contributed by atoms with van der Waals surface area (Å²) in [6, 6.07) is 4.79. The van der Waals surface area contributed by atoms with Crippen molar-refractivity contribution in [1.82, 2.24) is 15.3 Å². The van der Waals surface area contributed by atoms with Crippen molar-refractivity contribution in [1.29, 1.82) is 0 Å². The number of nitrogens with zero attached hydrogens (tertiary/aromatic N) is 3. The highest BCUT2D eigenvalue weighted by Gasteiger charge is 2.54. The number of rotatable bonds is 10. The number of sulfonamides is 1. The fourth-order valence-electron chi connectivity index (χ4n) is 5.37. The number of aromatic nitrogens is 2. The number of hydrogen-bond acceptors (Lipinski definition) is 8. The number of benzene rings is 1. The standard InChI is InChI=1S/C27H33FN6O4S/c1-16(2)30-8-9-38-25-22(33-39(36,37)10-7-29)11-17(14-32-25)18-12-19-21(13-20(18)28)31-15-23-24(19)27(5-4-6-27)26(35)34(23)3/h11-16,30,33H,4-10,29H2,1-3H3. The normalized spacial score (nSPS) is 16.2. The highest BCUT2D eigenvalue weighted by Crippen LogP contribution is 2.55. The van der Waals surface area contributed by atoms with E-state index in [2.05, 4.69) is 20.0 Å². The zero-order valence-corrected chi connectivity index (χ0v) is 23.1. The van der Waals surface area contributed by atoms with Gasteiger partial charge in [0.25, 0.3) is 0 Å². The van der Waals surface area contributed by atoms with Crippen molar-refractivity contribution in [3.63, 3.8) is 0 Å². The number of carbonyl (C=O) groups excluding carboxylic acids is 1. The molecular formula is C27H33FN6O4S. The number of nitrogens with one attached hydrogen (secondary N) is 2. The summed E-state index contributed by atoms with van der Waals surface area (Å²) in [4.78, 5) is 23.6. The number of likely N-dealkylation sites (N-methyl/N-ethyl adjacent to an activating group) is 1. The highest BCUT2D eigenvalue weighted by molar-refractivity contribution is 7.92. The van der Waals surface area contributed by atoms with Crippen LogP contribution in [0.3, 0.4) is 0 Å². The second kappa shape index (κ2) is 10.3. The number of ether oxygens (including phenoxy) is 1. The van der Waals surface area contributed by atoms with Crippen LogP contribution in [-0.4, -0.2) is 62.8 Å². The van der Waals surface area contributed by atoms with Crippen molar-refractivity contribution in [2.45, 2.75) is 44.6 Å². The predicted octanol–water partition coefficient (Wildman–Crippen LogP) is 2.91. The number of fused-ring (bicyclic) bond motifs is 4. The van der Waals surface area contributed by atoms with Gasteiger partial charge in [-0.25, -0.2) is 17.8 Å². The predicted molar refractivity (Wildman–Crippen MR) is 149 cm³/mol. The summed E-state index contributed by atoms with van der Waals surface area (Å²) >= 11 is 0. The van der Waals surface area contributed by atoms with E-state index in [9.17, 15) is 13.2 Å². The maximum Gasteiger partial charge on any atom is 0.238 e. The van der Waals surface area contributed by atoms with Crippen LogP contribution in [0, 0.1) is 5.82 Å². The molecule has 2 aromatic heterocycles. The molecule has 1 amide bonds. The van der Waals surface area contributed by atoms with Crippen LogP contribution in [0.4, 0.5) is 15.8 Å². The van der Waals surface area contributed by atoms with Gasteiger partial charge < -0.3 is 20.7 Å². The van der Waals surface area contributed by atoms with Gasteiger partial charge in [0, 0.05) is 60.5 Å². The molecule has 12 heteroatoms. The summed E-state index contributed by atoms with van der Waals surface area (Å²) in [5.41, 5.74) is 7.59. The van der Waals surface area contributed by atoms with Crippen LogP contribution in [0.5, 0.6) is 5.88 Å². The van der Waals surface area contributed by atoms with Gasteiger partial charge in [-0.15, -0.1) is 0 Å². The number of pyridine rings is 2. The molecule has 1 spiro atoms. The van der Waals surface area contributed by atoms with Crippen molar-refractivity contribution in [3.8, 4) is 17.0 Å². The third-order valence-corrected chi connectivity index (χ3v) is 8.71. The van der Waals surface area contributed by atoms with Crippen molar-refractivity contribution in [2.24, 2.45) is 5.73 Å². The van der Waals surface area contributed by atoms with Gasteiger partial charge in [-0.05, 0) is 25.0 Å². The van der Waals surface area contributed by atoms with Gasteiger partial charge in [0.05, 0.1) is 28.6 Å². The SMILES string of the molecule is CC(C)NCCOc1ncc(-c2cc3c4c(cnc3cc2F)N(C)C(=O)C42CCC2)cc1NS(=O)(=O)CCN. The van der Waals surface area contributed by atoms with Gasteiger partial charge in [0.2, 0.25) is 21.8 Å². The highest BCUT2D eigenvalue weighted by atomic mass is 32.2. The van der Waals surface area contributed by atoms with Crippen molar-refractivity contribution in [2.75, 3.05) is 42.1 Å². The molecule has 208 valence electrons. The topological polar surface area (TPSA) is 140 Å². The van der Waals surface area contributed by atoms with E-state index in [1.807, 2.05) is 13.8 Å². The lowest BCUT2D eigenvalue weighted by Crippen LogP contribution is -2.43. The van der Waals surface area contributed by atoms with Gasteiger partial charge in [0.15, 0.2) is 0 Å². The fraction of sp³-hybridized carbons (Fsp3) is 0.444. The molecule has 1 aromatic carbocycles. The van der Waals surface area contributed by atoms with E-state index in [0.717, 1.165) is 30.5 Å². The first kappa shape index (κ1) is 27.2. The maximum atomic E-state index is 15.5. The Kier molecular flexibility index (Phi) is 7.21. The number of carbonyl (C=O) groups is 1.